The molecule has 2 heterocycles. The number of hydrogen-bond donors (Lipinski definition) is 3. The van der Waals surface area contributed by atoms with Gasteiger partial charge in [0.05, 0.1) is 23.2 Å². The van der Waals surface area contributed by atoms with Crippen molar-refractivity contribution in [1.82, 2.24) is 5.32 Å². The SMILES string of the molecule is O=C(NCC1CC(c2ccc(NCCO)cc2)=NO1)Oc1ccc(Cl)s1. The number of carbonyl (C=O) groups is 1. The number of carbonyl (C=O) groups excluding carboxylic acids is 1. The van der Waals surface area contributed by atoms with E-state index in [1.165, 1.54) is 11.3 Å². The van der Waals surface area contributed by atoms with Crippen LogP contribution in [-0.2, 0) is 4.84 Å². The van der Waals surface area contributed by atoms with Crippen LogP contribution in [0.4, 0.5) is 10.5 Å². The van der Waals surface area contributed by atoms with E-state index in [9.17, 15) is 4.79 Å². The second kappa shape index (κ2) is 8.88. The van der Waals surface area contributed by atoms with E-state index in [1.54, 1.807) is 12.1 Å². The fourth-order valence-corrected chi connectivity index (χ4v) is 3.24. The van der Waals surface area contributed by atoms with Gasteiger partial charge in [-0.3, -0.25) is 0 Å². The van der Waals surface area contributed by atoms with Crippen LogP contribution in [0.25, 0.3) is 0 Å². The largest absolute Gasteiger partial charge is 0.413 e. The van der Waals surface area contributed by atoms with Crippen LogP contribution in [0.5, 0.6) is 5.06 Å². The Morgan fingerprint density at radius 1 is 1.35 bits per heavy atom. The fraction of sp³-hybridized carbons (Fsp3) is 0.294. The summed E-state index contributed by atoms with van der Waals surface area (Å²) < 4.78 is 5.68. The molecule has 0 saturated carbocycles. The van der Waals surface area contributed by atoms with Gasteiger partial charge in [0.1, 0.15) is 0 Å². The van der Waals surface area contributed by atoms with Crippen molar-refractivity contribution in [3.05, 3.63) is 46.3 Å². The van der Waals surface area contributed by atoms with Gasteiger partial charge in [0.2, 0.25) is 0 Å². The van der Waals surface area contributed by atoms with Gasteiger partial charge in [0.15, 0.2) is 11.2 Å². The molecule has 1 amide bonds. The maximum Gasteiger partial charge on any atom is 0.413 e. The lowest BCUT2D eigenvalue weighted by molar-refractivity contribution is 0.0846. The molecule has 0 saturated heterocycles. The van der Waals surface area contributed by atoms with Crippen molar-refractivity contribution in [2.45, 2.75) is 12.5 Å². The number of aliphatic hydroxyl groups is 1. The highest BCUT2D eigenvalue weighted by Crippen LogP contribution is 2.28. The zero-order chi connectivity index (χ0) is 18.4. The number of nitrogens with zero attached hydrogens (tertiary/aromatic N) is 1. The third-order valence-corrected chi connectivity index (χ3v) is 4.72. The lowest BCUT2D eigenvalue weighted by atomic mass is 10.0. The van der Waals surface area contributed by atoms with Gasteiger partial charge in [-0.2, -0.15) is 0 Å². The molecule has 1 atom stereocenters. The molecule has 0 bridgehead atoms. The van der Waals surface area contributed by atoms with Crippen LogP contribution in [0.15, 0.2) is 41.6 Å². The van der Waals surface area contributed by atoms with Crippen molar-refractivity contribution in [2.24, 2.45) is 5.16 Å². The van der Waals surface area contributed by atoms with Crippen LogP contribution >= 0.6 is 22.9 Å². The normalized spacial score (nSPS) is 15.9. The van der Waals surface area contributed by atoms with Gasteiger partial charge in [-0.1, -0.05) is 40.2 Å². The fourth-order valence-electron chi connectivity index (χ4n) is 2.37. The Hall–Kier alpha value is -2.29. The lowest BCUT2D eigenvalue weighted by Gasteiger charge is -2.09. The number of aliphatic hydroxyl groups excluding tert-OH is 1. The van der Waals surface area contributed by atoms with E-state index in [0.29, 0.717) is 28.9 Å². The van der Waals surface area contributed by atoms with Crippen molar-refractivity contribution in [3.63, 3.8) is 0 Å². The van der Waals surface area contributed by atoms with E-state index in [-0.39, 0.29) is 12.7 Å². The number of ether oxygens (including phenoxy) is 1. The summed E-state index contributed by atoms with van der Waals surface area (Å²) in [5.41, 5.74) is 2.71. The molecule has 7 nitrogen and oxygen atoms in total. The molecule has 138 valence electrons. The topological polar surface area (TPSA) is 92.2 Å². The highest BCUT2D eigenvalue weighted by atomic mass is 35.5. The van der Waals surface area contributed by atoms with Gasteiger partial charge in [-0.25, -0.2) is 4.79 Å². The monoisotopic (exact) mass is 395 g/mol. The van der Waals surface area contributed by atoms with Crippen molar-refractivity contribution in [2.75, 3.05) is 25.0 Å². The molecule has 0 radical (unpaired) electrons. The molecule has 1 unspecified atom stereocenters. The molecule has 1 aliphatic rings. The van der Waals surface area contributed by atoms with Gasteiger partial charge in [0, 0.05) is 18.7 Å². The molecule has 0 spiro atoms. The average Bonchev–Trinajstić information content (AvgIpc) is 3.28. The van der Waals surface area contributed by atoms with Crippen LogP contribution in [0, 0.1) is 0 Å². The van der Waals surface area contributed by atoms with Gasteiger partial charge in [-0.15, -0.1) is 0 Å². The highest BCUT2D eigenvalue weighted by molar-refractivity contribution is 7.17. The summed E-state index contributed by atoms with van der Waals surface area (Å²) >= 11 is 6.98. The molecule has 1 aromatic heterocycles. The quantitative estimate of drug-likeness (QED) is 0.670. The second-order valence-corrected chi connectivity index (χ2v) is 7.20. The predicted molar refractivity (Wildman–Crippen MR) is 101 cm³/mol. The first kappa shape index (κ1) is 18.5. The van der Waals surface area contributed by atoms with Crippen LogP contribution in [0.1, 0.15) is 12.0 Å². The Balaban J connectivity index is 1.43. The molecule has 26 heavy (non-hydrogen) atoms. The first-order valence-corrected chi connectivity index (χ1v) is 9.22. The number of hydrogen-bond acceptors (Lipinski definition) is 7. The third kappa shape index (κ3) is 5.10. The molecule has 3 rings (SSSR count). The van der Waals surface area contributed by atoms with Crippen LogP contribution in [0.2, 0.25) is 4.34 Å². The Bertz CT molecular complexity index is 779. The molecule has 0 aliphatic carbocycles. The van der Waals surface area contributed by atoms with Crippen molar-refractivity contribution in [1.29, 1.82) is 0 Å². The summed E-state index contributed by atoms with van der Waals surface area (Å²) in [7, 11) is 0. The summed E-state index contributed by atoms with van der Waals surface area (Å²) in [5.74, 6) is 0. The number of benzene rings is 1. The summed E-state index contributed by atoms with van der Waals surface area (Å²) in [6.07, 6.45) is -0.203. The molecule has 9 heteroatoms. The lowest BCUT2D eigenvalue weighted by Crippen LogP contribution is -2.34. The number of oxime groups is 1. The molecular formula is C17H18ClN3O4S. The maximum atomic E-state index is 11.8. The number of anilines is 1. The van der Waals surface area contributed by atoms with E-state index in [0.717, 1.165) is 17.0 Å². The smallest absolute Gasteiger partial charge is 0.399 e. The number of rotatable bonds is 7. The summed E-state index contributed by atoms with van der Waals surface area (Å²) in [5, 5.41) is 19.1. The van der Waals surface area contributed by atoms with Gasteiger partial charge < -0.3 is 25.3 Å². The van der Waals surface area contributed by atoms with Crippen molar-refractivity contribution in [3.8, 4) is 5.06 Å². The second-order valence-electron chi connectivity index (χ2n) is 5.53. The summed E-state index contributed by atoms with van der Waals surface area (Å²) in [6, 6.07) is 11.0. The minimum atomic E-state index is -0.556. The van der Waals surface area contributed by atoms with Gasteiger partial charge in [0.25, 0.3) is 0 Å². The predicted octanol–water partition coefficient (Wildman–Crippen LogP) is 3.09. The zero-order valence-corrected chi connectivity index (χ0v) is 15.3. The van der Waals surface area contributed by atoms with E-state index < -0.39 is 6.09 Å². The molecule has 2 aromatic rings. The van der Waals surface area contributed by atoms with E-state index >= 15 is 0 Å². The minimum absolute atomic E-state index is 0.0823. The first-order chi connectivity index (χ1) is 12.6. The summed E-state index contributed by atoms with van der Waals surface area (Å²) in [6.45, 7) is 0.880. The average molecular weight is 396 g/mol. The molecule has 1 aliphatic heterocycles. The number of amides is 1. The molecule has 3 N–H and O–H groups in total. The molecular weight excluding hydrogens is 378 g/mol. The van der Waals surface area contributed by atoms with E-state index in [4.69, 9.17) is 26.3 Å². The Morgan fingerprint density at radius 3 is 2.85 bits per heavy atom. The number of halogens is 1. The Labute approximate surface area is 159 Å². The van der Waals surface area contributed by atoms with E-state index in [1.807, 2.05) is 24.3 Å². The maximum absolute atomic E-state index is 11.8. The number of nitrogens with one attached hydrogen (secondary N) is 2. The van der Waals surface area contributed by atoms with Crippen LogP contribution in [-0.4, -0.2) is 42.7 Å². The zero-order valence-electron chi connectivity index (χ0n) is 13.8. The van der Waals surface area contributed by atoms with Gasteiger partial charge >= 0.3 is 6.09 Å². The molecule has 0 fully saturated rings. The highest BCUT2D eigenvalue weighted by Gasteiger charge is 2.23. The minimum Gasteiger partial charge on any atom is -0.399 e. The number of thiophene rings is 1. The summed E-state index contributed by atoms with van der Waals surface area (Å²) in [4.78, 5) is 17.1. The van der Waals surface area contributed by atoms with Crippen LogP contribution in [0.3, 0.4) is 0 Å². The molecule has 1 aromatic carbocycles. The first-order valence-electron chi connectivity index (χ1n) is 8.03. The Morgan fingerprint density at radius 2 is 2.15 bits per heavy atom. The van der Waals surface area contributed by atoms with Crippen LogP contribution < -0.4 is 15.4 Å². The van der Waals surface area contributed by atoms with Crippen molar-refractivity contribution >= 4 is 40.4 Å². The standard InChI is InChI=1S/C17H18ClN3O4S/c18-15-5-6-16(26-15)24-17(23)20-10-13-9-14(21-25-13)11-1-3-12(4-2-11)19-7-8-22/h1-6,13,19,22H,7-10H2,(H,20,23). The van der Waals surface area contributed by atoms with E-state index in [2.05, 4.69) is 15.8 Å². The third-order valence-electron chi connectivity index (χ3n) is 3.61. The van der Waals surface area contributed by atoms with Gasteiger partial charge in [-0.05, 0) is 29.8 Å². The Kier molecular flexibility index (Phi) is 6.32. The van der Waals surface area contributed by atoms with Crippen molar-refractivity contribution < 1.29 is 19.5 Å².